The van der Waals surface area contributed by atoms with Crippen molar-refractivity contribution in [2.24, 2.45) is 5.73 Å². The highest BCUT2D eigenvalue weighted by Crippen LogP contribution is 2.34. The van der Waals surface area contributed by atoms with Crippen LogP contribution in [0.1, 0.15) is 29.1 Å². The molecule has 1 aliphatic carbocycles. The van der Waals surface area contributed by atoms with E-state index in [9.17, 15) is 14.4 Å². The number of nitrogens with one attached hydrogen (secondary N) is 3. The minimum atomic E-state index is -0.623. The fourth-order valence-corrected chi connectivity index (χ4v) is 4.15. The van der Waals surface area contributed by atoms with E-state index in [2.05, 4.69) is 20.6 Å². The van der Waals surface area contributed by atoms with Gasteiger partial charge in [-0.3, -0.25) is 9.59 Å². The lowest BCUT2D eigenvalue weighted by Gasteiger charge is -2.05. The summed E-state index contributed by atoms with van der Waals surface area (Å²) in [6, 6.07) is -0.623. The number of urea groups is 1. The number of nitrogens with zero attached hydrogens (tertiary/aromatic N) is 1. The number of carbonyl (C=O) groups is 2. The molecule has 0 unspecified atom stereocenters. The van der Waals surface area contributed by atoms with Crippen molar-refractivity contribution in [3.05, 3.63) is 26.6 Å². The van der Waals surface area contributed by atoms with Crippen molar-refractivity contribution in [1.82, 2.24) is 20.6 Å². The third kappa shape index (κ3) is 3.56. The quantitative estimate of drug-likeness (QED) is 0.555. The molecule has 8 nitrogen and oxygen atoms in total. The lowest BCUT2D eigenvalue weighted by molar-refractivity contribution is -0.121. The second-order valence-corrected chi connectivity index (χ2v) is 6.77. The van der Waals surface area contributed by atoms with Gasteiger partial charge < -0.3 is 21.4 Å². The zero-order chi connectivity index (χ0) is 17.1. The molecule has 0 spiro atoms. The zero-order valence-electron chi connectivity index (χ0n) is 13.1. The summed E-state index contributed by atoms with van der Waals surface area (Å²) in [4.78, 5) is 43.9. The van der Waals surface area contributed by atoms with Gasteiger partial charge in [0.1, 0.15) is 10.7 Å². The Hall–Kier alpha value is -2.42. The van der Waals surface area contributed by atoms with Crippen molar-refractivity contribution in [3.8, 4) is 0 Å². The van der Waals surface area contributed by atoms with Crippen LogP contribution < -0.4 is 21.9 Å². The van der Waals surface area contributed by atoms with Crippen LogP contribution >= 0.6 is 11.3 Å². The topological polar surface area (TPSA) is 130 Å². The fourth-order valence-electron chi connectivity index (χ4n) is 2.87. The first-order chi connectivity index (χ1) is 11.5. The number of fused-ring (bicyclic) bond motifs is 3. The number of carbonyl (C=O) groups excluding carboxylic acids is 2. The molecule has 24 heavy (non-hydrogen) atoms. The van der Waals surface area contributed by atoms with Gasteiger partial charge >= 0.3 is 6.03 Å². The summed E-state index contributed by atoms with van der Waals surface area (Å²) in [5.41, 5.74) is 5.96. The number of rotatable bonds is 6. The van der Waals surface area contributed by atoms with Crippen LogP contribution in [0.15, 0.2) is 4.79 Å². The number of hydrogen-bond acceptors (Lipinski definition) is 5. The first-order valence-corrected chi connectivity index (χ1v) is 8.69. The molecule has 5 N–H and O–H groups in total. The summed E-state index contributed by atoms with van der Waals surface area (Å²) in [7, 11) is 0. The molecule has 3 rings (SSSR count). The smallest absolute Gasteiger partial charge is 0.312 e. The maximum Gasteiger partial charge on any atom is 0.312 e. The third-order valence-electron chi connectivity index (χ3n) is 3.96. The van der Waals surface area contributed by atoms with E-state index in [1.807, 2.05) is 0 Å². The van der Waals surface area contributed by atoms with E-state index >= 15 is 0 Å². The van der Waals surface area contributed by atoms with Gasteiger partial charge in [0.25, 0.3) is 5.56 Å². The highest BCUT2D eigenvalue weighted by atomic mass is 32.1. The number of aromatic amines is 1. The average molecular weight is 349 g/mol. The summed E-state index contributed by atoms with van der Waals surface area (Å²) in [5.74, 6) is 0.357. The second-order valence-electron chi connectivity index (χ2n) is 5.69. The van der Waals surface area contributed by atoms with Crippen LogP contribution in [0.3, 0.4) is 0 Å². The molecule has 9 heteroatoms. The Balaban J connectivity index is 1.59. The predicted molar refractivity (Wildman–Crippen MR) is 91.2 cm³/mol. The molecule has 0 fully saturated rings. The van der Waals surface area contributed by atoms with Crippen molar-refractivity contribution in [2.75, 3.05) is 13.1 Å². The standard InChI is InChI=1S/C15H19N5O3S/c16-15(23)18-7-6-17-11(21)5-4-10-19-13(22)12-8-2-1-3-9(8)24-14(12)20-10/h1-7H2,(H,17,21)(H3,16,18,23)(H,19,20,22). The molecule has 0 aliphatic heterocycles. The average Bonchev–Trinajstić information content (AvgIpc) is 3.09. The summed E-state index contributed by atoms with van der Waals surface area (Å²) >= 11 is 1.58. The van der Waals surface area contributed by atoms with Crippen molar-refractivity contribution < 1.29 is 9.59 Å². The summed E-state index contributed by atoms with van der Waals surface area (Å²) < 4.78 is 0. The minimum absolute atomic E-state index is 0.111. The van der Waals surface area contributed by atoms with Crippen molar-refractivity contribution in [1.29, 1.82) is 0 Å². The van der Waals surface area contributed by atoms with Crippen molar-refractivity contribution in [2.45, 2.75) is 32.1 Å². The number of thiophene rings is 1. The highest BCUT2D eigenvalue weighted by Gasteiger charge is 2.21. The Kier molecular flexibility index (Phi) is 4.79. The van der Waals surface area contributed by atoms with Gasteiger partial charge in [0, 0.05) is 30.8 Å². The van der Waals surface area contributed by atoms with Crippen LogP contribution in [0.2, 0.25) is 0 Å². The van der Waals surface area contributed by atoms with Crippen LogP contribution in [-0.4, -0.2) is 35.0 Å². The van der Waals surface area contributed by atoms with E-state index in [0.717, 1.165) is 35.0 Å². The minimum Gasteiger partial charge on any atom is -0.354 e. The summed E-state index contributed by atoms with van der Waals surface area (Å²) in [6.45, 7) is 0.589. The number of nitrogens with two attached hydrogens (primary N) is 1. The number of aryl methyl sites for hydroxylation is 3. The molecular formula is C15H19N5O3S. The first-order valence-electron chi connectivity index (χ1n) is 7.88. The van der Waals surface area contributed by atoms with Gasteiger partial charge in [0.2, 0.25) is 5.91 Å². The molecule has 0 radical (unpaired) electrons. The van der Waals surface area contributed by atoms with E-state index in [1.54, 1.807) is 11.3 Å². The Bertz CT molecular complexity index is 841. The Morgan fingerprint density at radius 3 is 2.83 bits per heavy atom. The number of primary amides is 1. The molecule has 2 aromatic rings. The normalized spacial score (nSPS) is 13.0. The molecule has 128 valence electrons. The summed E-state index contributed by atoms with van der Waals surface area (Å²) in [6.07, 6.45) is 3.65. The molecule has 0 aromatic carbocycles. The maximum atomic E-state index is 12.3. The molecule has 0 bridgehead atoms. The van der Waals surface area contributed by atoms with Crippen molar-refractivity contribution >= 4 is 33.5 Å². The number of H-pyrrole nitrogens is 1. The number of hydrogen-bond donors (Lipinski definition) is 4. The Labute approximate surface area is 141 Å². The molecule has 2 aromatic heterocycles. The van der Waals surface area contributed by atoms with E-state index < -0.39 is 6.03 Å². The van der Waals surface area contributed by atoms with Crippen LogP contribution in [-0.2, 0) is 24.1 Å². The molecule has 0 saturated carbocycles. The Morgan fingerprint density at radius 2 is 2.04 bits per heavy atom. The lowest BCUT2D eigenvalue weighted by atomic mass is 10.2. The lowest BCUT2D eigenvalue weighted by Crippen LogP contribution is -2.37. The molecule has 0 atom stereocenters. The highest BCUT2D eigenvalue weighted by molar-refractivity contribution is 7.18. The van der Waals surface area contributed by atoms with E-state index in [1.165, 1.54) is 4.88 Å². The molecule has 1 aliphatic rings. The first kappa shape index (κ1) is 16.4. The second kappa shape index (κ2) is 7.00. The molecule has 2 heterocycles. The maximum absolute atomic E-state index is 12.3. The zero-order valence-corrected chi connectivity index (χ0v) is 13.9. The predicted octanol–water partition coefficient (Wildman–Crippen LogP) is 0.190. The summed E-state index contributed by atoms with van der Waals surface area (Å²) in [5, 5.41) is 5.77. The molecule has 3 amide bonds. The number of aromatic nitrogens is 2. The largest absolute Gasteiger partial charge is 0.354 e. The fraction of sp³-hybridized carbons (Fsp3) is 0.467. The number of amides is 3. The van der Waals surface area contributed by atoms with Gasteiger partial charge in [-0.1, -0.05) is 0 Å². The van der Waals surface area contributed by atoms with Crippen LogP contribution in [0.25, 0.3) is 10.2 Å². The third-order valence-corrected chi connectivity index (χ3v) is 5.15. The van der Waals surface area contributed by atoms with E-state index in [4.69, 9.17) is 5.73 Å². The van der Waals surface area contributed by atoms with E-state index in [-0.39, 0.29) is 24.4 Å². The van der Waals surface area contributed by atoms with E-state index in [0.29, 0.717) is 18.8 Å². The van der Waals surface area contributed by atoms with Crippen LogP contribution in [0.5, 0.6) is 0 Å². The van der Waals surface area contributed by atoms with Gasteiger partial charge in [-0.15, -0.1) is 11.3 Å². The van der Waals surface area contributed by atoms with Gasteiger partial charge in [0.05, 0.1) is 5.39 Å². The van der Waals surface area contributed by atoms with Gasteiger partial charge in [-0.2, -0.15) is 0 Å². The van der Waals surface area contributed by atoms with Gasteiger partial charge in [-0.25, -0.2) is 9.78 Å². The molecular weight excluding hydrogens is 330 g/mol. The van der Waals surface area contributed by atoms with Crippen molar-refractivity contribution in [3.63, 3.8) is 0 Å². The SMILES string of the molecule is NC(=O)NCCNC(=O)CCc1nc2sc3c(c2c(=O)[nH]1)CCC3. The van der Waals surface area contributed by atoms with Gasteiger partial charge in [-0.05, 0) is 24.8 Å². The molecule has 0 saturated heterocycles. The van der Waals surface area contributed by atoms with Crippen LogP contribution in [0.4, 0.5) is 4.79 Å². The van der Waals surface area contributed by atoms with Crippen LogP contribution in [0, 0.1) is 0 Å². The Morgan fingerprint density at radius 1 is 1.25 bits per heavy atom. The monoisotopic (exact) mass is 349 g/mol. The van der Waals surface area contributed by atoms with Gasteiger partial charge in [0.15, 0.2) is 0 Å².